The molecule has 3 heterocycles. The first-order chi connectivity index (χ1) is 20.1. The van der Waals surface area contributed by atoms with Crippen LogP contribution in [0.4, 0.5) is 0 Å². The lowest BCUT2D eigenvalue weighted by atomic mass is 9.89. The largest absolute Gasteiger partial charge is 0.392 e. The maximum absolute atomic E-state index is 9.58. The van der Waals surface area contributed by atoms with E-state index in [-0.39, 0.29) is 24.7 Å². The highest BCUT2D eigenvalue weighted by molar-refractivity contribution is 5.64. The first-order valence-corrected chi connectivity index (χ1v) is 15.5. The highest BCUT2D eigenvalue weighted by Crippen LogP contribution is 2.42. The lowest BCUT2D eigenvalue weighted by Crippen LogP contribution is -2.48. The zero-order chi connectivity index (χ0) is 28.2. The van der Waals surface area contributed by atoms with E-state index in [4.69, 9.17) is 15.2 Å². The minimum absolute atomic E-state index is 0.0453. The summed E-state index contributed by atoms with van der Waals surface area (Å²) in [7, 11) is 0. The fraction of sp³-hybridized carbons (Fsp3) is 0.486. The van der Waals surface area contributed by atoms with Crippen LogP contribution in [0.1, 0.15) is 67.3 Å². The monoisotopic (exact) mass is 555 g/mol. The third-order valence-corrected chi connectivity index (χ3v) is 9.38. The quantitative estimate of drug-likeness (QED) is 0.355. The topological polar surface area (TPSA) is 71.2 Å². The van der Waals surface area contributed by atoms with Gasteiger partial charge in [-0.2, -0.15) is 0 Å². The van der Waals surface area contributed by atoms with Gasteiger partial charge in [-0.15, -0.1) is 0 Å². The van der Waals surface area contributed by atoms with Crippen LogP contribution in [-0.4, -0.2) is 59.8 Å². The number of aliphatic hydroxyl groups is 1. The van der Waals surface area contributed by atoms with Crippen molar-refractivity contribution < 1.29 is 14.6 Å². The Bertz CT molecular complexity index is 1260. The lowest BCUT2D eigenvalue weighted by molar-refractivity contribution is -0.276. The van der Waals surface area contributed by atoms with Gasteiger partial charge in [0.25, 0.3) is 0 Å². The molecule has 3 saturated heterocycles. The molecular formula is C35H45N3O3. The van der Waals surface area contributed by atoms with Crippen molar-refractivity contribution in [3.8, 4) is 11.1 Å². The molecule has 6 nitrogen and oxygen atoms in total. The molecule has 6 rings (SSSR count). The van der Waals surface area contributed by atoms with E-state index in [1.807, 2.05) is 12.1 Å². The Morgan fingerprint density at radius 1 is 0.805 bits per heavy atom. The third kappa shape index (κ3) is 6.59. The molecule has 0 aromatic heterocycles. The maximum Gasteiger partial charge on any atom is 0.184 e. The molecule has 0 radical (unpaired) electrons. The van der Waals surface area contributed by atoms with Crippen molar-refractivity contribution in [2.75, 3.05) is 32.7 Å². The van der Waals surface area contributed by atoms with Gasteiger partial charge >= 0.3 is 0 Å². The number of nitrogens with two attached hydrogens (primary N) is 1. The smallest absolute Gasteiger partial charge is 0.184 e. The van der Waals surface area contributed by atoms with Crippen LogP contribution in [-0.2, 0) is 22.6 Å². The van der Waals surface area contributed by atoms with Gasteiger partial charge in [0.1, 0.15) is 0 Å². The molecule has 0 bridgehead atoms. The Morgan fingerprint density at radius 3 is 2.29 bits per heavy atom. The second-order valence-corrected chi connectivity index (χ2v) is 12.1. The summed E-state index contributed by atoms with van der Waals surface area (Å²) in [6.07, 6.45) is 4.73. The first-order valence-electron chi connectivity index (χ1n) is 15.5. The molecule has 218 valence electrons. The number of hydrogen-bond donors (Lipinski definition) is 2. The molecule has 3 fully saturated rings. The van der Waals surface area contributed by atoms with Crippen molar-refractivity contribution in [2.45, 2.75) is 70.3 Å². The van der Waals surface area contributed by atoms with Gasteiger partial charge in [-0.1, -0.05) is 73.7 Å². The molecule has 3 aliphatic heterocycles. The molecular weight excluding hydrogens is 510 g/mol. The van der Waals surface area contributed by atoms with E-state index < -0.39 is 6.29 Å². The van der Waals surface area contributed by atoms with Crippen molar-refractivity contribution in [2.24, 2.45) is 11.7 Å². The molecule has 3 aromatic rings. The molecule has 0 spiro atoms. The van der Waals surface area contributed by atoms with Crippen LogP contribution in [0.25, 0.3) is 11.1 Å². The van der Waals surface area contributed by atoms with E-state index in [9.17, 15) is 5.11 Å². The van der Waals surface area contributed by atoms with Crippen LogP contribution in [0.2, 0.25) is 0 Å². The number of ether oxygens (including phenoxy) is 2. The van der Waals surface area contributed by atoms with Crippen molar-refractivity contribution in [3.05, 3.63) is 95.1 Å². The van der Waals surface area contributed by atoms with E-state index >= 15 is 0 Å². The Balaban J connectivity index is 1.23. The van der Waals surface area contributed by atoms with Crippen LogP contribution in [0.15, 0.2) is 72.8 Å². The number of nitrogens with zero attached hydrogens (tertiary/aromatic N) is 2. The predicted molar refractivity (Wildman–Crippen MR) is 163 cm³/mol. The fourth-order valence-electron chi connectivity index (χ4n) is 6.88. The van der Waals surface area contributed by atoms with E-state index in [0.29, 0.717) is 12.6 Å². The van der Waals surface area contributed by atoms with Crippen LogP contribution >= 0.6 is 0 Å². The highest BCUT2D eigenvalue weighted by Gasteiger charge is 2.40. The maximum atomic E-state index is 9.58. The van der Waals surface area contributed by atoms with Gasteiger partial charge in [0.05, 0.1) is 18.8 Å². The Morgan fingerprint density at radius 2 is 1.56 bits per heavy atom. The van der Waals surface area contributed by atoms with Gasteiger partial charge in [-0.05, 0) is 79.2 Å². The second-order valence-electron chi connectivity index (χ2n) is 12.1. The molecule has 0 aliphatic carbocycles. The zero-order valence-electron chi connectivity index (χ0n) is 24.3. The van der Waals surface area contributed by atoms with Crippen LogP contribution in [0, 0.1) is 5.92 Å². The third-order valence-electron chi connectivity index (χ3n) is 9.38. The van der Waals surface area contributed by atoms with Crippen molar-refractivity contribution in [1.29, 1.82) is 0 Å². The number of aliphatic hydroxyl groups excluding tert-OH is 1. The van der Waals surface area contributed by atoms with Gasteiger partial charge in [0.2, 0.25) is 0 Å². The van der Waals surface area contributed by atoms with Crippen molar-refractivity contribution in [1.82, 2.24) is 9.80 Å². The van der Waals surface area contributed by atoms with Gasteiger partial charge in [-0.25, -0.2) is 0 Å². The summed E-state index contributed by atoms with van der Waals surface area (Å²) in [4.78, 5) is 5.33. The lowest BCUT2D eigenvalue weighted by Gasteiger charge is -2.43. The van der Waals surface area contributed by atoms with Crippen molar-refractivity contribution in [3.63, 3.8) is 0 Å². The predicted octanol–water partition coefficient (Wildman–Crippen LogP) is 5.66. The summed E-state index contributed by atoms with van der Waals surface area (Å²) in [5.74, 6) is 0.192. The number of likely N-dealkylation sites (tertiary alicyclic amines) is 2. The molecule has 5 atom stereocenters. The molecule has 3 aromatic carbocycles. The summed E-state index contributed by atoms with van der Waals surface area (Å²) in [5.41, 5.74) is 12.4. The average Bonchev–Trinajstić information content (AvgIpc) is 3.71. The second kappa shape index (κ2) is 13.2. The highest BCUT2D eigenvalue weighted by atomic mass is 16.7. The molecule has 6 heteroatoms. The average molecular weight is 556 g/mol. The Labute approximate surface area is 245 Å². The van der Waals surface area contributed by atoms with E-state index in [0.717, 1.165) is 46.5 Å². The zero-order valence-corrected chi connectivity index (χ0v) is 24.3. The number of hydrogen-bond acceptors (Lipinski definition) is 6. The Kier molecular flexibility index (Phi) is 9.16. The van der Waals surface area contributed by atoms with Gasteiger partial charge in [0, 0.05) is 37.2 Å². The first kappa shape index (κ1) is 28.5. The molecule has 3 aliphatic rings. The van der Waals surface area contributed by atoms with Gasteiger partial charge in [0.15, 0.2) is 6.29 Å². The van der Waals surface area contributed by atoms with E-state index in [2.05, 4.69) is 77.4 Å². The van der Waals surface area contributed by atoms with E-state index in [1.165, 1.54) is 45.3 Å². The normalized spacial score (nSPS) is 27.4. The molecule has 3 N–H and O–H groups in total. The summed E-state index contributed by atoms with van der Waals surface area (Å²) in [6, 6.07) is 25.8. The van der Waals surface area contributed by atoms with E-state index in [1.54, 1.807) is 0 Å². The summed E-state index contributed by atoms with van der Waals surface area (Å²) >= 11 is 0. The molecule has 0 amide bonds. The SMILES string of the molecule is CC1C(CN2CCCC2CN2CCCC2)OC(c2ccc(-c3cccc(CN)c3)cc2)OC1c1ccc(CO)cc1. The molecule has 5 unspecified atom stereocenters. The fourth-order valence-corrected chi connectivity index (χ4v) is 6.88. The van der Waals surface area contributed by atoms with Gasteiger partial charge < -0.3 is 25.2 Å². The number of rotatable bonds is 9. The standard InChI is InChI=1S/C35H45N3O3/c1-25-33(23-38-19-5-8-32(38)22-37-17-2-3-18-37)40-35(41-34(25)29-11-9-26(24-39)10-12-29)30-15-13-28(14-16-30)31-7-4-6-27(20-31)21-36/h4,6-7,9-16,20,25,32-35,39H,2-3,5,8,17-19,21-24,36H2,1H3. The van der Waals surface area contributed by atoms with Crippen LogP contribution < -0.4 is 5.73 Å². The van der Waals surface area contributed by atoms with Crippen LogP contribution in [0.5, 0.6) is 0 Å². The number of benzene rings is 3. The summed E-state index contributed by atoms with van der Waals surface area (Å²) < 4.78 is 13.5. The molecule has 41 heavy (non-hydrogen) atoms. The minimum atomic E-state index is -0.442. The summed E-state index contributed by atoms with van der Waals surface area (Å²) in [6.45, 7) is 8.59. The Hall–Kier alpha value is -2.58. The summed E-state index contributed by atoms with van der Waals surface area (Å²) in [5, 5.41) is 9.58. The van der Waals surface area contributed by atoms with Crippen LogP contribution in [0.3, 0.4) is 0 Å². The molecule has 0 saturated carbocycles. The van der Waals surface area contributed by atoms with Crippen molar-refractivity contribution >= 4 is 0 Å². The van der Waals surface area contributed by atoms with Gasteiger partial charge in [-0.3, -0.25) is 4.90 Å². The minimum Gasteiger partial charge on any atom is -0.392 e.